The van der Waals surface area contributed by atoms with Gasteiger partial charge in [0.1, 0.15) is 17.3 Å². The van der Waals surface area contributed by atoms with Gasteiger partial charge < -0.3 is 19.5 Å². The van der Waals surface area contributed by atoms with Crippen LogP contribution >= 0.6 is 0 Å². The van der Waals surface area contributed by atoms with Gasteiger partial charge in [0, 0.05) is 31.1 Å². The molecular formula is C18H20FN3O4. The fraction of sp³-hybridized carbons (Fsp3) is 0.389. The van der Waals surface area contributed by atoms with Crippen molar-refractivity contribution in [1.29, 1.82) is 0 Å². The number of aromatic nitrogens is 1. The van der Waals surface area contributed by atoms with Crippen molar-refractivity contribution in [3.8, 4) is 5.75 Å². The van der Waals surface area contributed by atoms with E-state index in [1.165, 1.54) is 18.2 Å². The molecule has 0 aliphatic carbocycles. The number of carbonyl (C=O) groups is 2. The Morgan fingerprint density at radius 2 is 2.12 bits per heavy atom. The lowest BCUT2D eigenvalue weighted by Crippen LogP contribution is -2.43. The summed E-state index contributed by atoms with van der Waals surface area (Å²) in [5.74, 6) is 0.440. The van der Waals surface area contributed by atoms with Crippen LogP contribution in [0.15, 0.2) is 34.9 Å². The van der Waals surface area contributed by atoms with Gasteiger partial charge in [-0.15, -0.1) is 0 Å². The summed E-state index contributed by atoms with van der Waals surface area (Å²) in [4.78, 5) is 26.1. The number of benzene rings is 1. The first-order chi connectivity index (χ1) is 12.5. The minimum absolute atomic E-state index is 0.124. The van der Waals surface area contributed by atoms with Crippen LogP contribution in [0.5, 0.6) is 5.75 Å². The van der Waals surface area contributed by atoms with Gasteiger partial charge in [0.2, 0.25) is 5.91 Å². The lowest BCUT2D eigenvalue weighted by Gasteiger charge is -2.31. The molecule has 0 spiro atoms. The molecule has 0 radical (unpaired) electrons. The van der Waals surface area contributed by atoms with E-state index in [0.717, 1.165) is 0 Å². The van der Waals surface area contributed by atoms with Gasteiger partial charge >= 0.3 is 0 Å². The van der Waals surface area contributed by atoms with Gasteiger partial charge in [-0.3, -0.25) is 9.59 Å². The van der Waals surface area contributed by atoms with Crippen LogP contribution in [0.2, 0.25) is 0 Å². The molecule has 2 amide bonds. The Morgan fingerprint density at radius 1 is 1.35 bits per heavy atom. The molecule has 2 aromatic rings. The maximum Gasteiger partial charge on any atom is 0.260 e. The predicted octanol–water partition coefficient (Wildman–Crippen LogP) is 2.38. The number of amides is 2. The van der Waals surface area contributed by atoms with Gasteiger partial charge in [0.25, 0.3) is 5.91 Å². The second-order valence-corrected chi connectivity index (χ2v) is 6.21. The van der Waals surface area contributed by atoms with Crippen molar-refractivity contribution in [2.45, 2.75) is 19.8 Å². The van der Waals surface area contributed by atoms with Crippen LogP contribution < -0.4 is 10.1 Å². The molecular weight excluding hydrogens is 341 g/mol. The number of halogens is 1. The zero-order chi connectivity index (χ0) is 18.5. The summed E-state index contributed by atoms with van der Waals surface area (Å²) >= 11 is 0. The highest BCUT2D eigenvalue weighted by Gasteiger charge is 2.28. The molecule has 1 aliphatic heterocycles. The highest BCUT2D eigenvalue weighted by molar-refractivity contribution is 5.91. The summed E-state index contributed by atoms with van der Waals surface area (Å²) in [7, 11) is 0. The number of likely N-dealkylation sites (tertiary alicyclic amines) is 1. The van der Waals surface area contributed by atoms with Gasteiger partial charge in [0.15, 0.2) is 12.4 Å². The molecule has 8 heteroatoms. The minimum atomic E-state index is -0.413. The normalized spacial score (nSPS) is 14.9. The topological polar surface area (TPSA) is 84.7 Å². The Bertz CT molecular complexity index is 784. The lowest BCUT2D eigenvalue weighted by molar-refractivity contribution is -0.136. The fourth-order valence-electron chi connectivity index (χ4n) is 2.84. The third-order valence-corrected chi connectivity index (χ3v) is 4.26. The third-order valence-electron chi connectivity index (χ3n) is 4.26. The second-order valence-electron chi connectivity index (χ2n) is 6.21. The summed E-state index contributed by atoms with van der Waals surface area (Å²) in [5.41, 5.74) is 0. The minimum Gasteiger partial charge on any atom is -0.484 e. The van der Waals surface area contributed by atoms with Crippen LogP contribution in [-0.2, 0) is 9.59 Å². The van der Waals surface area contributed by atoms with E-state index in [-0.39, 0.29) is 24.3 Å². The molecule has 138 valence electrons. The number of anilines is 1. The maximum absolute atomic E-state index is 13.1. The summed E-state index contributed by atoms with van der Waals surface area (Å²) in [6.45, 7) is 2.54. The molecule has 0 atom stereocenters. The molecule has 1 N–H and O–H groups in total. The number of carbonyl (C=O) groups excluding carboxylic acids is 2. The number of hydrogen-bond acceptors (Lipinski definition) is 5. The van der Waals surface area contributed by atoms with Crippen LogP contribution in [0.25, 0.3) is 0 Å². The van der Waals surface area contributed by atoms with E-state index in [1.54, 1.807) is 24.0 Å². The van der Waals surface area contributed by atoms with Crippen LogP contribution in [0.1, 0.15) is 18.6 Å². The number of rotatable bonds is 5. The number of aryl methyl sites for hydroxylation is 1. The standard InChI is InChI=1S/C18H20FN3O4/c1-12-9-16(21-26-12)20-18(24)13-5-7-22(8-6-13)17(23)11-25-15-4-2-3-14(19)10-15/h2-4,9-10,13H,5-8,11H2,1H3,(H,20,21,24). The summed E-state index contributed by atoms with van der Waals surface area (Å²) in [6, 6.07) is 7.31. The number of piperidine rings is 1. The Hall–Kier alpha value is -2.90. The van der Waals surface area contributed by atoms with Gasteiger partial charge in [-0.05, 0) is 31.9 Å². The predicted molar refractivity (Wildman–Crippen MR) is 91.1 cm³/mol. The van der Waals surface area contributed by atoms with Crippen molar-refractivity contribution < 1.29 is 23.2 Å². The Morgan fingerprint density at radius 3 is 2.77 bits per heavy atom. The first kappa shape index (κ1) is 17.9. The van der Waals surface area contributed by atoms with Gasteiger partial charge in [0.05, 0.1) is 0 Å². The molecule has 0 unspecified atom stereocenters. The summed E-state index contributed by atoms with van der Waals surface area (Å²) in [6.07, 6.45) is 1.13. The number of nitrogens with one attached hydrogen (secondary N) is 1. The van der Waals surface area contributed by atoms with E-state index >= 15 is 0 Å². The quantitative estimate of drug-likeness (QED) is 0.884. The Labute approximate surface area is 150 Å². The van der Waals surface area contributed by atoms with Crippen molar-refractivity contribution in [2.75, 3.05) is 25.0 Å². The SMILES string of the molecule is Cc1cc(NC(=O)C2CCN(C(=O)COc3cccc(F)c3)CC2)no1. The molecule has 1 aromatic carbocycles. The molecule has 1 saturated heterocycles. The highest BCUT2D eigenvalue weighted by atomic mass is 19.1. The molecule has 1 aliphatic rings. The van der Waals surface area contributed by atoms with E-state index in [2.05, 4.69) is 10.5 Å². The lowest BCUT2D eigenvalue weighted by atomic mass is 9.96. The summed E-state index contributed by atoms with van der Waals surface area (Å²) < 4.78 is 23.3. The molecule has 0 bridgehead atoms. The number of nitrogens with zero attached hydrogens (tertiary/aromatic N) is 2. The molecule has 2 heterocycles. The van der Waals surface area contributed by atoms with Gasteiger partial charge in [-0.2, -0.15) is 0 Å². The Balaban J connectivity index is 1.44. The monoisotopic (exact) mass is 361 g/mol. The zero-order valence-corrected chi connectivity index (χ0v) is 14.4. The van der Waals surface area contributed by atoms with Crippen molar-refractivity contribution in [3.63, 3.8) is 0 Å². The van der Waals surface area contributed by atoms with E-state index in [1.807, 2.05) is 0 Å². The van der Waals surface area contributed by atoms with E-state index in [9.17, 15) is 14.0 Å². The average Bonchev–Trinajstić information content (AvgIpc) is 3.04. The zero-order valence-electron chi connectivity index (χ0n) is 14.4. The van der Waals surface area contributed by atoms with Crippen LogP contribution in [0.3, 0.4) is 0 Å². The van der Waals surface area contributed by atoms with E-state index in [4.69, 9.17) is 9.26 Å². The maximum atomic E-state index is 13.1. The molecule has 0 saturated carbocycles. The fourth-order valence-corrected chi connectivity index (χ4v) is 2.84. The van der Waals surface area contributed by atoms with Crippen LogP contribution in [-0.4, -0.2) is 41.6 Å². The summed E-state index contributed by atoms with van der Waals surface area (Å²) in [5, 5.41) is 6.46. The van der Waals surface area contributed by atoms with E-state index < -0.39 is 5.82 Å². The van der Waals surface area contributed by atoms with Crippen LogP contribution in [0.4, 0.5) is 10.2 Å². The van der Waals surface area contributed by atoms with E-state index in [0.29, 0.717) is 43.3 Å². The second kappa shape index (κ2) is 7.99. The molecule has 3 rings (SSSR count). The Kier molecular flexibility index (Phi) is 5.50. The first-order valence-electron chi connectivity index (χ1n) is 8.41. The number of ether oxygens (including phenoxy) is 1. The average molecular weight is 361 g/mol. The molecule has 1 fully saturated rings. The first-order valence-corrected chi connectivity index (χ1v) is 8.41. The largest absolute Gasteiger partial charge is 0.484 e. The van der Waals surface area contributed by atoms with Crippen molar-refractivity contribution in [1.82, 2.24) is 10.1 Å². The molecule has 26 heavy (non-hydrogen) atoms. The van der Waals surface area contributed by atoms with Gasteiger partial charge in [-0.1, -0.05) is 11.2 Å². The molecule has 7 nitrogen and oxygen atoms in total. The smallest absolute Gasteiger partial charge is 0.260 e. The van der Waals surface area contributed by atoms with Crippen LogP contribution in [0, 0.1) is 18.7 Å². The van der Waals surface area contributed by atoms with Gasteiger partial charge in [-0.25, -0.2) is 4.39 Å². The van der Waals surface area contributed by atoms with Crippen molar-refractivity contribution in [2.24, 2.45) is 5.92 Å². The highest BCUT2D eigenvalue weighted by Crippen LogP contribution is 2.20. The number of hydrogen-bond donors (Lipinski definition) is 1. The van der Waals surface area contributed by atoms with Crippen molar-refractivity contribution in [3.05, 3.63) is 41.9 Å². The van der Waals surface area contributed by atoms with Crippen molar-refractivity contribution >= 4 is 17.6 Å². The molecule has 1 aromatic heterocycles. The third kappa shape index (κ3) is 4.59.